The smallest absolute Gasteiger partial charge is 0.119 e. The van der Waals surface area contributed by atoms with E-state index in [1.807, 2.05) is 37.3 Å². The fraction of sp³-hybridized carbons (Fsp3) is 0.429. The van der Waals surface area contributed by atoms with Crippen LogP contribution >= 0.6 is 11.6 Å². The number of aliphatic hydroxyl groups excluding tert-OH is 4. The van der Waals surface area contributed by atoms with Gasteiger partial charge < -0.3 is 29.9 Å². The van der Waals surface area contributed by atoms with Gasteiger partial charge in [-0.1, -0.05) is 35.9 Å². The van der Waals surface area contributed by atoms with Crippen LogP contribution in [0.15, 0.2) is 42.5 Å². The van der Waals surface area contributed by atoms with Crippen LogP contribution < -0.4 is 4.74 Å². The van der Waals surface area contributed by atoms with Crippen molar-refractivity contribution in [1.29, 1.82) is 0 Å². The summed E-state index contributed by atoms with van der Waals surface area (Å²) in [6.07, 6.45) is -5.39. The molecule has 0 bridgehead atoms. The standard InChI is InChI=1S/C21H25ClO6/c1-2-27-15-6-3-12(4-7-15)9-14-10-13(5-8-16(14)22)21-20(26)19(25)18(24)17(11-23)28-21/h3-8,10,17-21,23-26H,2,9,11H2,1H3/t17-,18-,19+,20?,21+/m1/s1. The Morgan fingerprint density at radius 2 is 1.71 bits per heavy atom. The minimum Gasteiger partial charge on any atom is -0.494 e. The molecule has 2 aromatic carbocycles. The van der Waals surface area contributed by atoms with Crippen molar-refractivity contribution in [2.45, 2.75) is 43.9 Å². The highest BCUT2D eigenvalue weighted by molar-refractivity contribution is 6.31. The van der Waals surface area contributed by atoms with E-state index in [2.05, 4.69) is 0 Å². The number of halogens is 1. The van der Waals surface area contributed by atoms with Gasteiger partial charge >= 0.3 is 0 Å². The average Bonchev–Trinajstić information content (AvgIpc) is 2.70. The second kappa shape index (κ2) is 9.22. The fourth-order valence-electron chi connectivity index (χ4n) is 3.37. The van der Waals surface area contributed by atoms with Crippen molar-refractivity contribution < 1.29 is 29.9 Å². The van der Waals surface area contributed by atoms with Crippen molar-refractivity contribution in [2.24, 2.45) is 0 Å². The van der Waals surface area contributed by atoms with Crippen LogP contribution in [0.4, 0.5) is 0 Å². The second-order valence-electron chi connectivity index (χ2n) is 6.85. The molecule has 5 atom stereocenters. The Bertz CT molecular complexity index is 779. The first-order chi connectivity index (χ1) is 13.4. The number of hydrogen-bond donors (Lipinski definition) is 4. The van der Waals surface area contributed by atoms with E-state index < -0.39 is 37.1 Å². The molecule has 1 unspecified atom stereocenters. The van der Waals surface area contributed by atoms with Crippen molar-refractivity contribution in [3.8, 4) is 5.75 Å². The van der Waals surface area contributed by atoms with Crippen molar-refractivity contribution in [3.05, 3.63) is 64.2 Å². The first-order valence-corrected chi connectivity index (χ1v) is 9.63. The number of benzene rings is 2. The van der Waals surface area contributed by atoms with Crippen LogP contribution in [0.1, 0.15) is 29.7 Å². The van der Waals surface area contributed by atoms with Gasteiger partial charge in [0.15, 0.2) is 0 Å². The summed E-state index contributed by atoms with van der Waals surface area (Å²) >= 11 is 6.35. The van der Waals surface area contributed by atoms with Gasteiger partial charge in [-0.05, 0) is 48.2 Å². The normalized spacial score (nSPS) is 27.6. The first kappa shape index (κ1) is 21.0. The van der Waals surface area contributed by atoms with Crippen LogP contribution in [-0.4, -0.2) is 58.1 Å². The summed E-state index contributed by atoms with van der Waals surface area (Å²) in [5.41, 5.74) is 2.49. The average molecular weight is 409 g/mol. The quantitative estimate of drug-likeness (QED) is 0.582. The maximum Gasteiger partial charge on any atom is 0.119 e. The Labute approximate surface area is 168 Å². The summed E-state index contributed by atoms with van der Waals surface area (Å²) in [5, 5.41) is 40.3. The molecule has 28 heavy (non-hydrogen) atoms. The number of rotatable bonds is 6. The first-order valence-electron chi connectivity index (χ1n) is 9.25. The zero-order valence-electron chi connectivity index (χ0n) is 15.5. The summed E-state index contributed by atoms with van der Waals surface area (Å²) in [7, 11) is 0. The maximum atomic E-state index is 10.3. The molecule has 1 heterocycles. The van der Waals surface area contributed by atoms with Crippen LogP contribution in [0.25, 0.3) is 0 Å². The van der Waals surface area contributed by atoms with Gasteiger partial charge in [0.05, 0.1) is 13.2 Å². The van der Waals surface area contributed by atoms with Gasteiger partial charge in [-0.2, -0.15) is 0 Å². The Hall–Kier alpha value is -1.67. The summed E-state index contributed by atoms with van der Waals surface area (Å²) < 4.78 is 11.1. The lowest BCUT2D eigenvalue weighted by atomic mass is 9.90. The van der Waals surface area contributed by atoms with Gasteiger partial charge in [-0.15, -0.1) is 0 Å². The predicted octanol–water partition coefficient (Wildman–Crippen LogP) is 1.84. The summed E-state index contributed by atoms with van der Waals surface area (Å²) in [4.78, 5) is 0. The fourth-order valence-corrected chi connectivity index (χ4v) is 3.56. The highest BCUT2D eigenvalue weighted by Gasteiger charge is 2.43. The molecule has 1 fully saturated rings. The van der Waals surface area contributed by atoms with Crippen molar-refractivity contribution in [1.82, 2.24) is 0 Å². The van der Waals surface area contributed by atoms with Crippen LogP contribution in [0, 0.1) is 0 Å². The molecule has 1 aliphatic heterocycles. The third-order valence-corrected chi connectivity index (χ3v) is 5.29. The molecule has 7 heteroatoms. The molecule has 1 saturated heterocycles. The lowest BCUT2D eigenvalue weighted by molar-refractivity contribution is -0.231. The predicted molar refractivity (Wildman–Crippen MR) is 105 cm³/mol. The molecule has 0 amide bonds. The van der Waals surface area contributed by atoms with E-state index in [9.17, 15) is 20.4 Å². The second-order valence-corrected chi connectivity index (χ2v) is 7.26. The molecule has 0 aromatic heterocycles. The molecule has 1 aliphatic rings. The van der Waals surface area contributed by atoms with Crippen molar-refractivity contribution in [2.75, 3.05) is 13.2 Å². The lowest BCUT2D eigenvalue weighted by Gasteiger charge is -2.40. The molecular formula is C21H25ClO6. The van der Waals surface area contributed by atoms with E-state index in [1.54, 1.807) is 12.1 Å². The Kier molecular flexibility index (Phi) is 6.93. The minimum absolute atomic E-state index is 0.464. The van der Waals surface area contributed by atoms with Gasteiger partial charge in [0.25, 0.3) is 0 Å². The zero-order chi connectivity index (χ0) is 20.3. The summed E-state index contributed by atoms with van der Waals surface area (Å²) in [6, 6.07) is 12.9. The Morgan fingerprint density at radius 3 is 2.36 bits per heavy atom. The monoisotopic (exact) mass is 408 g/mol. The molecule has 0 saturated carbocycles. The van der Waals surface area contributed by atoms with E-state index in [1.165, 1.54) is 0 Å². The van der Waals surface area contributed by atoms with Crippen LogP contribution in [-0.2, 0) is 11.2 Å². The molecule has 2 aromatic rings. The highest BCUT2D eigenvalue weighted by Crippen LogP contribution is 2.34. The van der Waals surface area contributed by atoms with Gasteiger partial charge in [0.1, 0.15) is 36.3 Å². The Morgan fingerprint density at radius 1 is 1.00 bits per heavy atom. The van der Waals surface area contributed by atoms with E-state index in [-0.39, 0.29) is 0 Å². The largest absolute Gasteiger partial charge is 0.494 e. The molecule has 6 nitrogen and oxygen atoms in total. The summed E-state index contributed by atoms with van der Waals surface area (Å²) in [6.45, 7) is 2.07. The SMILES string of the molecule is CCOc1ccc(Cc2cc([C@@H]3O[C@H](CO)[C@@H](O)[C@H](O)C3O)ccc2Cl)cc1. The minimum atomic E-state index is -1.42. The number of aliphatic hydroxyl groups is 4. The number of hydrogen-bond acceptors (Lipinski definition) is 6. The third kappa shape index (κ3) is 4.49. The summed E-state index contributed by atoms with van der Waals surface area (Å²) in [5.74, 6) is 0.799. The zero-order valence-corrected chi connectivity index (χ0v) is 16.3. The molecule has 0 spiro atoms. The third-order valence-electron chi connectivity index (χ3n) is 4.92. The number of ether oxygens (including phenoxy) is 2. The maximum absolute atomic E-state index is 10.3. The molecular weight excluding hydrogens is 384 g/mol. The lowest BCUT2D eigenvalue weighted by Crippen LogP contribution is -2.55. The molecule has 0 radical (unpaired) electrons. The highest BCUT2D eigenvalue weighted by atomic mass is 35.5. The van der Waals surface area contributed by atoms with Crippen molar-refractivity contribution in [3.63, 3.8) is 0 Å². The molecule has 152 valence electrons. The van der Waals surface area contributed by atoms with E-state index in [0.717, 1.165) is 16.9 Å². The Balaban J connectivity index is 1.82. The molecule has 4 N–H and O–H groups in total. The van der Waals surface area contributed by atoms with Gasteiger partial charge in [0.2, 0.25) is 0 Å². The van der Waals surface area contributed by atoms with Crippen molar-refractivity contribution >= 4 is 11.6 Å². The van der Waals surface area contributed by atoms with Crippen LogP contribution in [0.5, 0.6) is 5.75 Å². The topological polar surface area (TPSA) is 99.4 Å². The molecule has 3 rings (SSSR count). The van der Waals surface area contributed by atoms with Gasteiger partial charge in [-0.3, -0.25) is 0 Å². The van der Waals surface area contributed by atoms with E-state index in [4.69, 9.17) is 21.1 Å². The van der Waals surface area contributed by atoms with Gasteiger partial charge in [0, 0.05) is 5.02 Å². The van der Waals surface area contributed by atoms with Gasteiger partial charge in [-0.25, -0.2) is 0 Å². The van der Waals surface area contributed by atoms with E-state index in [0.29, 0.717) is 23.6 Å². The van der Waals surface area contributed by atoms with Crippen LogP contribution in [0.2, 0.25) is 5.02 Å². The molecule has 0 aliphatic carbocycles. The van der Waals surface area contributed by atoms with Crippen LogP contribution in [0.3, 0.4) is 0 Å². The van der Waals surface area contributed by atoms with E-state index >= 15 is 0 Å².